The Morgan fingerprint density at radius 1 is 1.20 bits per heavy atom. The van der Waals surface area contributed by atoms with Crippen LogP contribution in [0.3, 0.4) is 0 Å². The lowest BCUT2D eigenvalue weighted by atomic mass is 10.1. The normalized spacial score (nSPS) is 14.2. The number of likely N-dealkylation sites (N-methyl/N-ethyl adjacent to an activating group) is 1. The average Bonchev–Trinajstić information content (AvgIpc) is 3.11. The van der Waals surface area contributed by atoms with Gasteiger partial charge in [-0.2, -0.15) is 0 Å². The van der Waals surface area contributed by atoms with Crippen molar-refractivity contribution in [2.75, 3.05) is 38.1 Å². The van der Waals surface area contributed by atoms with E-state index in [0.29, 0.717) is 23.7 Å². The molecule has 1 aliphatic rings. The zero-order chi connectivity index (χ0) is 21.3. The molecule has 0 saturated carbocycles. The van der Waals surface area contributed by atoms with Crippen LogP contribution in [0, 0.1) is 3.57 Å². The minimum absolute atomic E-state index is 0.0339. The molecule has 1 saturated heterocycles. The number of fused-ring (bicyclic) bond motifs is 1. The smallest absolute Gasteiger partial charge is 0.256 e. The topological polar surface area (TPSA) is 70.5 Å². The van der Waals surface area contributed by atoms with Crippen LogP contribution in [0.15, 0.2) is 42.7 Å². The Balaban J connectivity index is 1.57. The van der Waals surface area contributed by atoms with E-state index in [-0.39, 0.29) is 18.4 Å². The van der Waals surface area contributed by atoms with Gasteiger partial charge in [0, 0.05) is 56.0 Å². The third kappa shape index (κ3) is 4.11. The standard InChI is InChI=1S/C21H21ClIN5O2/c1-24-19(29)13-28-12-16(15-5-4-14(22)11-18(15)28)21(30)27-9-7-26(8-10-27)20-17(23)3-2-6-25-20/h2-6,11-12H,7-10,13H2,1H3,(H,24,29). The van der Waals surface area contributed by atoms with Crippen LogP contribution in [0.2, 0.25) is 5.02 Å². The van der Waals surface area contributed by atoms with Crippen LogP contribution in [0.25, 0.3) is 10.9 Å². The van der Waals surface area contributed by atoms with Crippen LogP contribution in [-0.2, 0) is 11.3 Å². The van der Waals surface area contributed by atoms with Gasteiger partial charge in [0.1, 0.15) is 12.4 Å². The summed E-state index contributed by atoms with van der Waals surface area (Å²) in [6.45, 7) is 2.80. The first-order valence-corrected chi connectivity index (χ1v) is 11.1. The summed E-state index contributed by atoms with van der Waals surface area (Å²) in [5, 5.41) is 3.99. The highest BCUT2D eigenvalue weighted by Crippen LogP contribution is 2.27. The second kappa shape index (κ2) is 8.81. The lowest BCUT2D eigenvalue weighted by Crippen LogP contribution is -2.49. The minimum Gasteiger partial charge on any atom is -0.358 e. The molecule has 7 nitrogen and oxygen atoms in total. The van der Waals surface area contributed by atoms with E-state index in [9.17, 15) is 9.59 Å². The average molecular weight is 538 g/mol. The summed E-state index contributed by atoms with van der Waals surface area (Å²) >= 11 is 8.45. The molecule has 3 heterocycles. The molecule has 0 radical (unpaired) electrons. The van der Waals surface area contributed by atoms with E-state index in [1.807, 2.05) is 23.1 Å². The van der Waals surface area contributed by atoms with Crippen molar-refractivity contribution < 1.29 is 9.59 Å². The van der Waals surface area contributed by atoms with E-state index >= 15 is 0 Å². The lowest BCUT2D eigenvalue weighted by molar-refractivity contribution is -0.121. The van der Waals surface area contributed by atoms with Gasteiger partial charge in [-0.05, 0) is 46.9 Å². The van der Waals surface area contributed by atoms with Crippen molar-refractivity contribution in [1.29, 1.82) is 0 Å². The highest BCUT2D eigenvalue weighted by atomic mass is 127. The Morgan fingerprint density at radius 2 is 1.97 bits per heavy atom. The van der Waals surface area contributed by atoms with E-state index in [2.05, 4.69) is 37.8 Å². The molecule has 2 amide bonds. The SMILES string of the molecule is CNC(=O)Cn1cc(C(=O)N2CCN(c3ncccc3I)CC2)c2ccc(Cl)cc21. The van der Waals surface area contributed by atoms with Gasteiger partial charge in [-0.15, -0.1) is 0 Å². The largest absolute Gasteiger partial charge is 0.358 e. The van der Waals surface area contributed by atoms with E-state index < -0.39 is 0 Å². The van der Waals surface area contributed by atoms with Crippen LogP contribution in [0.5, 0.6) is 0 Å². The van der Waals surface area contributed by atoms with Crippen LogP contribution >= 0.6 is 34.2 Å². The van der Waals surface area contributed by atoms with Gasteiger partial charge in [0.15, 0.2) is 0 Å². The summed E-state index contributed by atoms with van der Waals surface area (Å²) in [5.74, 6) is 0.792. The molecule has 0 unspecified atom stereocenters. The molecule has 30 heavy (non-hydrogen) atoms. The predicted octanol–water partition coefficient (Wildman–Crippen LogP) is 3.00. The molecule has 0 bridgehead atoms. The van der Waals surface area contributed by atoms with Gasteiger partial charge in [-0.3, -0.25) is 9.59 Å². The quantitative estimate of drug-likeness (QED) is 0.520. The Hall–Kier alpha value is -2.33. The molecule has 3 aromatic rings. The van der Waals surface area contributed by atoms with Gasteiger partial charge < -0.3 is 19.7 Å². The number of anilines is 1. The highest BCUT2D eigenvalue weighted by molar-refractivity contribution is 14.1. The van der Waals surface area contributed by atoms with E-state index in [1.54, 1.807) is 36.1 Å². The molecule has 0 spiro atoms. The van der Waals surface area contributed by atoms with Crippen LogP contribution in [-0.4, -0.2) is 59.5 Å². The van der Waals surface area contributed by atoms with Crippen molar-refractivity contribution in [3.8, 4) is 0 Å². The monoisotopic (exact) mass is 537 g/mol. The summed E-state index contributed by atoms with van der Waals surface area (Å²) in [7, 11) is 1.59. The first kappa shape index (κ1) is 20.9. The minimum atomic E-state index is -0.135. The first-order chi connectivity index (χ1) is 14.5. The fourth-order valence-electron chi connectivity index (χ4n) is 3.70. The number of amides is 2. The molecule has 1 fully saturated rings. The van der Waals surface area contributed by atoms with Crippen LogP contribution < -0.4 is 10.2 Å². The zero-order valence-electron chi connectivity index (χ0n) is 16.4. The molecule has 1 aromatic carbocycles. The van der Waals surface area contributed by atoms with E-state index in [1.165, 1.54) is 0 Å². The van der Waals surface area contributed by atoms with Crippen molar-refractivity contribution in [3.05, 3.63) is 56.9 Å². The molecular weight excluding hydrogens is 517 g/mol. The zero-order valence-corrected chi connectivity index (χ0v) is 19.4. The number of pyridine rings is 1. The van der Waals surface area contributed by atoms with E-state index in [0.717, 1.165) is 33.4 Å². The second-order valence-electron chi connectivity index (χ2n) is 7.09. The fraction of sp³-hybridized carbons (Fsp3) is 0.286. The molecule has 0 atom stereocenters. The maximum absolute atomic E-state index is 13.3. The van der Waals surface area contributed by atoms with Crippen LogP contribution in [0.1, 0.15) is 10.4 Å². The van der Waals surface area contributed by atoms with Crippen molar-refractivity contribution in [3.63, 3.8) is 0 Å². The highest BCUT2D eigenvalue weighted by Gasteiger charge is 2.26. The van der Waals surface area contributed by atoms with Gasteiger partial charge in [0.25, 0.3) is 5.91 Å². The number of nitrogens with zero attached hydrogens (tertiary/aromatic N) is 4. The summed E-state index contributed by atoms with van der Waals surface area (Å²) < 4.78 is 2.88. The number of hydrogen-bond acceptors (Lipinski definition) is 4. The van der Waals surface area contributed by atoms with Gasteiger partial charge in [0.05, 0.1) is 14.7 Å². The van der Waals surface area contributed by atoms with Gasteiger partial charge in [-0.25, -0.2) is 4.98 Å². The molecule has 2 aromatic heterocycles. The number of rotatable bonds is 4. The number of hydrogen-bond donors (Lipinski definition) is 1. The summed E-state index contributed by atoms with van der Waals surface area (Å²) in [6, 6.07) is 9.36. The number of carbonyl (C=O) groups excluding carboxylic acids is 2. The molecule has 9 heteroatoms. The summed E-state index contributed by atoms with van der Waals surface area (Å²) in [5.41, 5.74) is 1.36. The van der Waals surface area contributed by atoms with Gasteiger partial charge >= 0.3 is 0 Å². The molecular formula is C21H21ClIN5O2. The van der Waals surface area contributed by atoms with Crippen LogP contribution in [0.4, 0.5) is 5.82 Å². The maximum Gasteiger partial charge on any atom is 0.256 e. The molecule has 0 aliphatic carbocycles. The maximum atomic E-state index is 13.3. The molecule has 1 aliphatic heterocycles. The van der Waals surface area contributed by atoms with Crippen molar-refractivity contribution in [2.24, 2.45) is 0 Å². The van der Waals surface area contributed by atoms with Crippen molar-refractivity contribution >= 4 is 62.7 Å². The Kier molecular flexibility index (Phi) is 6.14. The van der Waals surface area contributed by atoms with E-state index in [4.69, 9.17) is 11.6 Å². The Bertz CT molecular complexity index is 1110. The predicted molar refractivity (Wildman–Crippen MR) is 126 cm³/mol. The van der Waals surface area contributed by atoms with Crippen molar-refractivity contribution in [2.45, 2.75) is 6.54 Å². The van der Waals surface area contributed by atoms with Gasteiger partial charge in [0.2, 0.25) is 5.91 Å². The fourth-order valence-corrected chi connectivity index (χ4v) is 4.56. The lowest BCUT2D eigenvalue weighted by Gasteiger charge is -2.35. The first-order valence-electron chi connectivity index (χ1n) is 9.61. The Morgan fingerprint density at radius 3 is 2.67 bits per heavy atom. The summed E-state index contributed by atoms with van der Waals surface area (Å²) in [4.78, 5) is 33.8. The number of piperazine rings is 1. The molecule has 156 valence electrons. The number of benzene rings is 1. The molecule has 4 rings (SSSR count). The third-order valence-corrected chi connectivity index (χ3v) is 6.35. The summed E-state index contributed by atoms with van der Waals surface area (Å²) in [6.07, 6.45) is 3.55. The van der Waals surface area contributed by atoms with Crippen molar-refractivity contribution in [1.82, 2.24) is 19.8 Å². The number of carbonyl (C=O) groups is 2. The number of aromatic nitrogens is 2. The number of halogens is 2. The van der Waals surface area contributed by atoms with Gasteiger partial charge in [-0.1, -0.05) is 17.7 Å². The number of nitrogens with one attached hydrogen (secondary N) is 1. The Labute approximate surface area is 193 Å². The molecule has 1 N–H and O–H groups in total. The second-order valence-corrected chi connectivity index (χ2v) is 8.69. The third-order valence-electron chi connectivity index (χ3n) is 5.27.